The Morgan fingerprint density at radius 1 is 0.837 bits per heavy atom. The molecule has 43 heavy (non-hydrogen) atoms. The first-order valence-electron chi connectivity index (χ1n) is 15.3. The van der Waals surface area contributed by atoms with Gasteiger partial charge >= 0.3 is 0 Å². The third-order valence-electron chi connectivity index (χ3n) is 8.16. The van der Waals surface area contributed by atoms with Crippen LogP contribution >= 0.6 is 0 Å². The summed E-state index contributed by atoms with van der Waals surface area (Å²) in [5, 5.41) is 3.20. The summed E-state index contributed by atoms with van der Waals surface area (Å²) in [5.41, 5.74) is 5.07. The Bertz CT molecular complexity index is 1510. The Morgan fingerprint density at radius 3 is 2.09 bits per heavy atom. The van der Waals surface area contributed by atoms with E-state index >= 15 is 0 Å². The zero-order valence-corrected chi connectivity index (χ0v) is 26.9. The van der Waals surface area contributed by atoms with Gasteiger partial charge in [-0.05, 0) is 87.9 Å². The molecule has 0 aromatic heterocycles. The number of aryl methyl sites for hydroxylation is 4. The van der Waals surface area contributed by atoms with Crippen molar-refractivity contribution < 1.29 is 18.0 Å². The van der Waals surface area contributed by atoms with Gasteiger partial charge in [0.1, 0.15) is 12.6 Å². The fraction of sp³-hybridized carbons (Fsp3) is 0.429. The maximum absolute atomic E-state index is 14.4. The number of sulfonamides is 1. The molecule has 1 N–H and O–H groups in total. The van der Waals surface area contributed by atoms with Gasteiger partial charge in [-0.2, -0.15) is 0 Å². The molecule has 3 aromatic carbocycles. The number of anilines is 1. The molecule has 1 atom stereocenters. The van der Waals surface area contributed by atoms with Crippen LogP contribution in [0.4, 0.5) is 5.69 Å². The van der Waals surface area contributed by atoms with Crippen LogP contribution in [-0.2, 0) is 26.2 Å². The zero-order valence-electron chi connectivity index (χ0n) is 26.1. The van der Waals surface area contributed by atoms with Crippen molar-refractivity contribution in [3.63, 3.8) is 0 Å². The standard InChI is InChI=1S/C35H45N3O4S/c1-6-33(35(40)36-30-13-8-7-9-14-30)37(23-29-12-10-11-26(3)20-29)34(39)24-38(31-21-27(4)19-28(5)22-31)43(41,42)32-17-15-25(2)16-18-32/h10-12,15-22,30,33H,6-9,13-14,23-24H2,1-5H3,(H,36,40)/t33-/m0/s1. The molecule has 0 bridgehead atoms. The summed E-state index contributed by atoms with van der Waals surface area (Å²) >= 11 is 0. The molecule has 1 aliphatic carbocycles. The minimum Gasteiger partial charge on any atom is -0.352 e. The van der Waals surface area contributed by atoms with Gasteiger partial charge < -0.3 is 10.2 Å². The normalized spacial score (nSPS) is 14.6. The van der Waals surface area contributed by atoms with Crippen molar-refractivity contribution in [2.24, 2.45) is 0 Å². The Morgan fingerprint density at radius 2 is 1.49 bits per heavy atom. The predicted molar refractivity (Wildman–Crippen MR) is 172 cm³/mol. The highest BCUT2D eigenvalue weighted by atomic mass is 32.2. The summed E-state index contributed by atoms with van der Waals surface area (Å²) < 4.78 is 29.5. The number of benzene rings is 3. The van der Waals surface area contributed by atoms with Gasteiger partial charge in [-0.1, -0.05) is 79.8 Å². The molecule has 230 valence electrons. The van der Waals surface area contributed by atoms with E-state index in [1.165, 1.54) is 10.7 Å². The molecule has 0 radical (unpaired) electrons. The van der Waals surface area contributed by atoms with Crippen LogP contribution in [0.2, 0.25) is 0 Å². The number of nitrogens with one attached hydrogen (secondary N) is 1. The third-order valence-corrected chi connectivity index (χ3v) is 9.94. The smallest absolute Gasteiger partial charge is 0.264 e. The van der Waals surface area contributed by atoms with Gasteiger partial charge in [-0.3, -0.25) is 13.9 Å². The topological polar surface area (TPSA) is 86.8 Å². The molecular formula is C35H45N3O4S. The minimum absolute atomic E-state index is 0.0971. The molecule has 1 saturated carbocycles. The molecule has 1 aliphatic rings. The van der Waals surface area contributed by atoms with Gasteiger partial charge in [0, 0.05) is 12.6 Å². The second-order valence-electron chi connectivity index (χ2n) is 11.9. The number of carbonyl (C=O) groups excluding carboxylic acids is 2. The van der Waals surface area contributed by atoms with Gasteiger partial charge in [-0.25, -0.2) is 8.42 Å². The van der Waals surface area contributed by atoms with Crippen LogP contribution in [0.25, 0.3) is 0 Å². The summed E-state index contributed by atoms with van der Waals surface area (Å²) in [6.07, 6.45) is 5.60. The Kier molecular flexibility index (Phi) is 10.7. The Balaban J connectivity index is 1.73. The van der Waals surface area contributed by atoms with Crippen molar-refractivity contribution >= 4 is 27.5 Å². The molecule has 0 saturated heterocycles. The first-order valence-corrected chi connectivity index (χ1v) is 16.7. The molecule has 7 nitrogen and oxygen atoms in total. The van der Waals surface area contributed by atoms with Crippen LogP contribution in [0.5, 0.6) is 0 Å². The fourth-order valence-corrected chi connectivity index (χ4v) is 7.33. The molecular weight excluding hydrogens is 558 g/mol. The highest BCUT2D eigenvalue weighted by Gasteiger charge is 2.34. The van der Waals surface area contributed by atoms with Crippen molar-refractivity contribution in [1.29, 1.82) is 0 Å². The zero-order chi connectivity index (χ0) is 31.1. The van der Waals surface area contributed by atoms with Crippen molar-refractivity contribution in [3.8, 4) is 0 Å². The van der Waals surface area contributed by atoms with Crippen molar-refractivity contribution in [3.05, 3.63) is 94.5 Å². The molecule has 8 heteroatoms. The van der Waals surface area contributed by atoms with Crippen LogP contribution in [0.3, 0.4) is 0 Å². The second-order valence-corrected chi connectivity index (χ2v) is 13.8. The highest BCUT2D eigenvalue weighted by Crippen LogP contribution is 2.27. The van der Waals surface area contributed by atoms with E-state index in [9.17, 15) is 18.0 Å². The maximum Gasteiger partial charge on any atom is 0.264 e. The number of rotatable bonds is 11. The van der Waals surface area contributed by atoms with Gasteiger partial charge in [0.2, 0.25) is 11.8 Å². The minimum atomic E-state index is -4.10. The van der Waals surface area contributed by atoms with Crippen LogP contribution in [0.1, 0.15) is 73.3 Å². The van der Waals surface area contributed by atoms with Crippen LogP contribution in [0, 0.1) is 27.7 Å². The lowest BCUT2D eigenvalue weighted by atomic mass is 9.95. The second kappa shape index (κ2) is 14.2. The third kappa shape index (κ3) is 8.25. The van der Waals surface area contributed by atoms with E-state index in [0.29, 0.717) is 12.1 Å². The van der Waals surface area contributed by atoms with E-state index in [4.69, 9.17) is 0 Å². The number of carbonyl (C=O) groups is 2. The summed E-state index contributed by atoms with van der Waals surface area (Å²) in [4.78, 5) is 29.7. The molecule has 0 spiro atoms. The first kappa shape index (κ1) is 32.3. The van der Waals surface area contributed by atoms with E-state index in [1.54, 1.807) is 41.3 Å². The van der Waals surface area contributed by atoms with Crippen molar-refractivity contribution in [1.82, 2.24) is 10.2 Å². The summed E-state index contributed by atoms with van der Waals surface area (Å²) in [6.45, 7) is 9.35. The number of hydrogen-bond acceptors (Lipinski definition) is 4. The van der Waals surface area contributed by atoms with Crippen LogP contribution in [-0.4, -0.2) is 43.8 Å². The van der Waals surface area contributed by atoms with Gasteiger partial charge in [-0.15, -0.1) is 0 Å². The monoisotopic (exact) mass is 603 g/mol. The average molecular weight is 604 g/mol. The molecule has 1 fully saturated rings. The fourth-order valence-electron chi connectivity index (χ4n) is 5.93. The average Bonchev–Trinajstić information content (AvgIpc) is 2.96. The van der Waals surface area contributed by atoms with Gasteiger partial charge in [0.05, 0.1) is 10.6 Å². The van der Waals surface area contributed by atoms with Crippen molar-refractivity contribution in [2.75, 3.05) is 10.8 Å². The predicted octanol–water partition coefficient (Wildman–Crippen LogP) is 6.37. The molecule has 0 aliphatic heterocycles. The highest BCUT2D eigenvalue weighted by molar-refractivity contribution is 7.92. The van der Waals surface area contributed by atoms with Crippen LogP contribution < -0.4 is 9.62 Å². The van der Waals surface area contributed by atoms with E-state index in [0.717, 1.165) is 53.5 Å². The van der Waals surface area contributed by atoms with E-state index in [1.807, 2.05) is 65.0 Å². The summed E-state index contributed by atoms with van der Waals surface area (Å²) in [5.74, 6) is -0.614. The largest absolute Gasteiger partial charge is 0.352 e. The number of hydrogen-bond donors (Lipinski definition) is 1. The van der Waals surface area contributed by atoms with Crippen molar-refractivity contribution in [2.45, 2.75) is 96.7 Å². The lowest BCUT2D eigenvalue weighted by Gasteiger charge is -2.34. The van der Waals surface area contributed by atoms with Gasteiger partial charge in [0.15, 0.2) is 0 Å². The molecule has 4 rings (SSSR count). The first-order chi connectivity index (χ1) is 20.5. The molecule has 0 unspecified atom stereocenters. The van der Waals surface area contributed by atoms with E-state index in [2.05, 4.69) is 5.32 Å². The molecule has 2 amide bonds. The van der Waals surface area contributed by atoms with E-state index in [-0.39, 0.29) is 23.4 Å². The lowest BCUT2D eigenvalue weighted by Crippen LogP contribution is -2.54. The Labute approximate surface area is 257 Å². The van der Waals surface area contributed by atoms with E-state index < -0.39 is 28.5 Å². The quantitative estimate of drug-likeness (QED) is 0.276. The lowest BCUT2D eigenvalue weighted by molar-refractivity contribution is -0.140. The summed E-state index contributed by atoms with van der Waals surface area (Å²) in [7, 11) is -4.10. The maximum atomic E-state index is 14.4. The SMILES string of the molecule is CC[C@@H](C(=O)NC1CCCCC1)N(Cc1cccc(C)c1)C(=O)CN(c1cc(C)cc(C)c1)S(=O)(=O)c1ccc(C)cc1. The number of amides is 2. The van der Waals surface area contributed by atoms with Crippen LogP contribution in [0.15, 0.2) is 71.6 Å². The molecule has 3 aromatic rings. The number of nitrogens with zero attached hydrogens (tertiary/aromatic N) is 2. The summed E-state index contributed by atoms with van der Waals surface area (Å²) in [6, 6.07) is 19.4. The van der Waals surface area contributed by atoms with Gasteiger partial charge in [0.25, 0.3) is 10.0 Å². The Hall–Kier alpha value is -3.65. The molecule has 0 heterocycles.